The smallest absolute Gasteiger partial charge is 0.360 e. The Hall–Kier alpha value is -1.65. The van der Waals surface area contributed by atoms with Gasteiger partial charge in [0.25, 0.3) is 0 Å². The van der Waals surface area contributed by atoms with Gasteiger partial charge < -0.3 is 13.9 Å². The molecule has 0 amide bonds. The zero-order chi connectivity index (χ0) is 20.7. The van der Waals surface area contributed by atoms with Gasteiger partial charge in [-0.2, -0.15) is 4.31 Å². The number of benzene rings is 1. The number of hydrogen-bond acceptors (Lipinski definition) is 7. The maximum absolute atomic E-state index is 13.2. The fourth-order valence-electron chi connectivity index (χ4n) is 2.32. The van der Waals surface area contributed by atoms with Crippen LogP contribution in [0.4, 0.5) is 0 Å². The third-order valence-electron chi connectivity index (χ3n) is 3.67. The first-order valence-corrected chi connectivity index (χ1v) is 10.5. The van der Waals surface area contributed by atoms with Crippen molar-refractivity contribution >= 4 is 39.2 Å². The summed E-state index contributed by atoms with van der Waals surface area (Å²) in [6, 6.07) is 4.19. The molecule has 0 atom stereocenters. The van der Waals surface area contributed by atoms with Crippen molar-refractivity contribution in [3.63, 3.8) is 0 Å². The van der Waals surface area contributed by atoms with Gasteiger partial charge >= 0.3 is 5.97 Å². The van der Waals surface area contributed by atoms with Crippen LogP contribution in [0.2, 0.25) is 10.0 Å². The molecule has 1 heterocycles. The van der Waals surface area contributed by atoms with Gasteiger partial charge in [-0.3, -0.25) is 0 Å². The van der Waals surface area contributed by atoms with Crippen molar-refractivity contribution in [3.8, 4) is 0 Å². The molecule has 0 fully saturated rings. The number of halogens is 2. The van der Waals surface area contributed by atoms with E-state index in [0.29, 0.717) is 19.6 Å². The van der Waals surface area contributed by atoms with E-state index in [1.807, 2.05) is 6.92 Å². The molecule has 2 aromatic rings. The zero-order valence-electron chi connectivity index (χ0n) is 15.4. The van der Waals surface area contributed by atoms with Gasteiger partial charge in [-0.25, -0.2) is 18.2 Å². The second kappa shape index (κ2) is 10.2. The van der Waals surface area contributed by atoms with E-state index in [1.165, 1.54) is 25.3 Å². The van der Waals surface area contributed by atoms with Crippen molar-refractivity contribution in [3.05, 3.63) is 46.1 Å². The normalized spacial score (nSPS) is 11.8. The molecule has 0 saturated heterocycles. The Bertz CT molecular complexity index is 916. The van der Waals surface area contributed by atoms with Crippen LogP contribution in [0.25, 0.3) is 0 Å². The highest BCUT2D eigenvalue weighted by Crippen LogP contribution is 2.28. The number of nitrogens with zero attached hydrogens (tertiary/aromatic N) is 2. The first kappa shape index (κ1) is 22.6. The van der Waals surface area contributed by atoms with Crippen LogP contribution in [0.5, 0.6) is 0 Å². The Balaban J connectivity index is 2.31. The molecule has 0 aliphatic carbocycles. The summed E-state index contributed by atoms with van der Waals surface area (Å²) >= 11 is 12.0. The van der Waals surface area contributed by atoms with Gasteiger partial charge in [0.2, 0.25) is 15.9 Å². The number of carbonyl (C=O) groups is 1. The summed E-state index contributed by atoms with van der Waals surface area (Å²) in [7, 11) is -2.80. The van der Waals surface area contributed by atoms with Gasteiger partial charge in [-0.15, -0.1) is 0 Å². The maximum atomic E-state index is 13.2. The molecule has 1 aromatic heterocycles. The Labute approximate surface area is 173 Å². The van der Waals surface area contributed by atoms with Crippen LogP contribution in [0, 0.1) is 0 Å². The minimum absolute atomic E-state index is 0.0403. The van der Waals surface area contributed by atoms with Gasteiger partial charge in [-0.1, -0.05) is 23.2 Å². The lowest BCUT2D eigenvalue weighted by Crippen LogP contribution is -2.32. The number of sulfonamides is 1. The van der Waals surface area contributed by atoms with Crippen LogP contribution in [-0.4, -0.2) is 50.5 Å². The Morgan fingerprint density at radius 3 is 2.75 bits per heavy atom. The third-order valence-corrected chi connectivity index (χ3v) is 6.23. The first-order chi connectivity index (χ1) is 13.3. The predicted octanol–water partition coefficient (Wildman–Crippen LogP) is 3.39. The molecule has 1 aromatic carbocycles. The second-order valence-corrected chi connectivity index (χ2v) is 8.33. The highest BCUT2D eigenvalue weighted by atomic mass is 35.5. The minimum atomic E-state index is -4.01. The summed E-state index contributed by atoms with van der Waals surface area (Å²) in [5.74, 6) is -0.642. The highest BCUT2D eigenvalue weighted by Gasteiger charge is 2.29. The second-order valence-electron chi connectivity index (χ2n) is 5.58. The predicted molar refractivity (Wildman–Crippen MR) is 103 cm³/mol. The lowest BCUT2D eigenvalue weighted by molar-refractivity contribution is 0.0594. The fourth-order valence-corrected chi connectivity index (χ4v) is 4.48. The Kier molecular flexibility index (Phi) is 8.26. The van der Waals surface area contributed by atoms with E-state index in [1.54, 1.807) is 0 Å². The standard InChI is InChI=1S/C17H20Cl2N2O6S/c1-3-26-8-4-7-21(10-16-20-14(11-27-16)17(22)25-2)28(23,24)15-9-12(18)5-6-13(15)19/h5-6,9,11H,3-4,7-8,10H2,1-2H3. The van der Waals surface area contributed by atoms with Crippen LogP contribution < -0.4 is 0 Å². The van der Waals surface area contributed by atoms with E-state index >= 15 is 0 Å². The molecular weight excluding hydrogens is 431 g/mol. The summed E-state index contributed by atoms with van der Waals surface area (Å²) in [6.07, 6.45) is 1.55. The summed E-state index contributed by atoms with van der Waals surface area (Å²) < 4.78 is 42.5. The summed E-state index contributed by atoms with van der Waals surface area (Å²) in [6.45, 7) is 2.68. The number of methoxy groups -OCH3 is 1. The molecule has 154 valence electrons. The van der Waals surface area contributed by atoms with Crippen molar-refractivity contribution in [2.24, 2.45) is 0 Å². The number of hydrogen-bond donors (Lipinski definition) is 0. The minimum Gasteiger partial charge on any atom is -0.464 e. The highest BCUT2D eigenvalue weighted by molar-refractivity contribution is 7.89. The van der Waals surface area contributed by atoms with E-state index in [4.69, 9.17) is 32.4 Å². The largest absolute Gasteiger partial charge is 0.464 e. The molecule has 0 spiro atoms. The van der Waals surface area contributed by atoms with Crippen LogP contribution in [0.15, 0.2) is 33.8 Å². The van der Waals surface area contributed by atoms with Crippen molar-refractivity contribution in [1.29, 1.82) is 0 Å². The Morgan fingerprint density at radius 2 is 2.07 bits per heavy atom. The molecule has 11 heteroatoms. The average molecular weight is 451 g/mol. The lowest BCUT2D eigenvalue weighted by atomic mass is 10.4. The van der Waals surface area contributed by atoms with E-state index < -0.39 is 16.0 Å². The van der Waals surface area contributed by atoms with Gasteiger partial charge in [0.05, 0.1) is 18.7 Å². The monoisotopic (exact) mass is 450 g/mol. The molecule has 0 aliphatic heterocycles. The van der Waals surface area contributed by atoms with Crippen LogP contribution in [0.3, 0.4) is 0 Å². The SMILES string of the molecule is CCOCCCN(Cc1nc(C(=O)OC)co1)S(=O)(=O)c1cc(Cl)ccc1Cl. The molecule has 0 bridgehead atoms. The van der Waals surface area contributed by atoms with Crippen molar-refractivity contribution in [1.82, 2.24) is 9.29 Å². The van der Waals surface area contributed by atoms with Crippen molar-refractivity contribution in [2.45, 2.75) is 24.8 Å². The van der Waals surface area contributed by atoms with E-state index in [9.17, 15) is 13.2 Å². The summed E-state index contributed by atoms with van der Waals surface area (Å²) in [5.41, 5.74) is -0.0510. The summed E-state index contributed by atoms with van der Waals surface area (Å²) in [5, 5.41) is 0.281. The van der Waals surface area contributed by atoms with Gasteiger partial charge in [0.1, 0.15) is 11.2 Å². The van der Waals surface area contributed by atoms with E-state index in [2.05, 4.69) is 9.72 Å². The van der Waals surface area contributed by atoms with Crippen LogP contribution in [-0.2, 0) is 26.0 Å². The molecule has 0 radical (unpaired) electrons. The van der Waals surface area contributed by atoms with E-state index in [-0.39, 0.29) is 39.6 Å². The third kappa shape index (κ3) is 5.68. The van der Waals surface area contributed by atoms with Crippen molar-refractivity contribution in [2.75, 3.05) is 26.9 Å². The molecular formula is C17H20Cl2N2O6S. The number of rotatable bonds is 10. The number of carbonyl (C=O) groups excluding carboxylic acids is 1. The van der Waals surface area contributed by atoms with Gasteiger partial charge in [-0.05, 0) is 31.5 Å². The number of oxazole rings is 1. The van der Waals surface area contributed by atoms with Crippen LogP contribution >= 0.6 is 23.2 Å². The van der Waals surface area contributed by atoms with Crippen molar-refractivity contribution < 1.29 is 27.1 Å². The molecule has 2 rings (SSSR count). The molecule has 0 unspecified atom stereocenters. The summed E-state index contributed by atoms with van der Waals surface area (Å²) in [4.78, 5) is 15.4. The molecule has 28 heavy (non-hydrogen) atoms. The lowest BCUT2D eigenvalue weighted by Gasteiger charge is -2.21. The van der Waals surface area contributed by atoms with E-state index in [0.717, 1.165) is 10.6 Å². The number of aromatic nitrogens is 1. The average Bonchev–Trinajstić information content (AvgIpc) is 3.14. The molecule has 0 N–H and O–H groups in total. The van der Waals surface area contributed by atoms with Gasteiger partial charge in [0.15, 0.2) is 5.69 Å². The molecule has 8 nitrogen and oxygen atoms in total. The molecule has 0 saturated carbocycles. The molecule has 0 aliphatic rings. The number of esters is 1. The quantitative estimate of drug-likeness (QED) is 0.403. The Morgan fingerprint density at radius 1 is 1.32 bits per heavy atom. The number of ether oxygens (including phenoxy) is 2. The zero-order valence-corrected chi connectivity index (χ0v) is 17.7. The maximum Gasteiger partial charge on any atom is 0.360 e. The topological polar surface area (TPSA) is 98.9 Å². The first-order valence-electron chi connectivity index (χ1n) is 8.35. The van der Waals surface area contributed by atoms with Crippen LogP contribution in [0.1, 0.15) is 29.7 Å². The fraction of sp³-hybridized carbons (Fsp3) is 0.412. The van der Waals surface area contributed by atoms with Gasteiger partial charge in [0, 0.05) is 24.8 Å².